The molecular formula is C24H25ClFN5O3. The number of fused-ring (bicyclic) bond motifs is 1. The van der Waals surface area contributed by atoms with Crippen LogP contribution in [0.15, 0.2) is 49.3 Å². The first-order chi connectivity index (χ1) is 16.4. The molecule has 1 aliphatic heterocycles. The lowest BCUT2D eigenvalue weighted by molar-refractivity contribution is -0.124. The second kappa shape index (κ2) is 10.2. The number of likely N-dealkylation sites (tertiary alicyclic amines) is 1. The number of ether oxygens (including phenoxy) is 2. The number of anilines is 2. The molecule has 0 bridgehead atoms. The minimum absolute atomic E-state index is 0.00564. The Kier molecular flexibility index (Phi) is 7.14. The lowest BCUT2D eigenvalue weighted by Gasteiger charge is -2.17. The third kappa shape index (κ3) is 4.90. The fourth-order valence-corrected chi connectivity index (χ4v) is 4.13. The Morgan fingerprint density at radius 1 is 1.35 bits per heavy atom. The van der Waals surface area contributed by atoms with Gasteiger partial charge < -0.3 is 20.1 Å². The van der Waals surface area contributed by atoms with E-state index < -0.39 is 5.82 Å². The molecule has 3 aromatic rings. The number of rotatable bonds is 8. The third-order valence-corrected chi connectivity index (χ3v) is 5.94. The number of amides is 1. The molecule has 10 heteroatoms. The Hall–Kier alpha value is -3.43. The number of carbonyl (C=O) groups is 1. The van der Waals surface area contributed by atoms with Crippen molar-refractivity contribution >= 4 is 39.9 Å². The summed E-state index contributed by atoms with van der Waals surface area (Å²) in [6.45, 7) is 4.61. The maximum Gasteiger partial charge on any atom is 0.237 e. The fourth-order valence-electron chi connectivity index (χ4n) is 3.96. The van der Waals surface area contributed by atoms with E-state index in [-0.39, 0.29) is 28.8 Å². The van der Waals surface area contributed by atoms with Crippen molar-refractivity contribution in [2.45, 2.75) is 18.6 Å². The zero-order chi connectivity index (χ0) is 24.2. The van der Waals surface area contributed by atoms with Gasteiger partial charge in [-0.1, -0.05) is 23.7 Å². The molecule has 0 aliphatic carbocycles. The van der Waals surface area contributed by atoms with E-state index in [0.717, 1.165) is 0 Å². The van der Waals surface area contributed by atoms with Gasteiger partial charge in [-0.25, -0.2) is 14.4 Å². The van der Waals surface area contributed by atoms with Gasteiger partial charge in [0.15, 0.2) is 17.3 Å². The molecule has 2 N–H and O–H groups in total. The van der Waals surface area contributed by atoms with E-state index in [1.165, 1.54) is 12.4 Å². The van der Waals surface area contributed by atoms with Gasteiger partial charge in [-0.3, -0.25) is 9.69 Å². The molecule has 1 aromatic heterocycles. The highest BCUT2D eigenvalue weighted by molar-refractivity contribution is 6.31. The van der Waals surface area contributed by atoms with Crippen molar-refractivity contribution in [2.75, 3.05) is 32.6 Å². The molecule has 8 nitrogen and oxygen atoms in total. The summed E-state index contributed by atoms with van der Waals surface area (Å²) in [6, 6.07) is 7.88. The summed E-state index contributed by atoms with van der Waals surface area (Å²) in [4.78, 5) is 23.0. The number of hydrogen-bond donors (Lipinski definition) is 2. The van der Waals surface area contributed by atoms with Crippen LogP contribution in [0.2, 0.25) is 5.02 Å². The second-order valence-electron chi connectivity index (χ2n) is 7.93. The summed E-state index contributed by atoms with van der Waals surface area (Å²) >= 11 is 5.91. The van der Waals surface area contributed by atoms with Crippen LogP contribution in [-0.2, 0) is 4.79 Å². The lowest BCUT2D eigenvalue weighted by Crippen LogP contribution is -2.41. The van der Waals surface area contributed by atoms with E-state index in [9.17, 15) is 9.18 Å². The molecule has 0 radical (unpaired) electrons. The van der Waals surface area contributed by atoms with Crippen molar-refractivity contribution < 1.29 is 18.7 Å². The van der Waals surface area contributed by atoms with Crippen LogP contribution in [0, 0.1) is 5.82 Å². The molecule has 1 fully saturated rings. The van der Waals surface area contributed by atoms with Gasteiger partial charge in [0.1, 0.15) is 18.2 Å². The van der Waals surface area contributed by atoms with Crippen molar-refractivity contribution in [3.63, 3.8) is 0 Å². The average molecular weight is 486 g/mol. The van der Waals surface area contributed by atoms with Crippen LogP contribution < -0.4 is 20.1 Å². The molecular weight excluding hydrogens is 461 g/mol. The maximum atomic E-state index is 14.4. The molecule has 34 heavy (non-hydrogen) atoms. The van der Waals surface area contributed by atoms with Gasteiger partial charge >= 0.3 is 0 Å². The number of hydrogen-bond acceptors (Lipinski definition) is 7. The largest absolute Gasteiger partial charge is 0.493 e. The molecule has 2 heterocycles. The van der Waals surface area contributed by atoms with Gasteiger partial charge in [-0.05, 0) is 25.2 Å². The van der Waals surface area contributed by atoms with Crippen molar-refractivity contribution in [2.24, 2.45) is 0 Å². The fraction of sp³-hybridized carbons (Fsp3) is 0.292. The van der Waals surface area contributed by atoms with Crippen molar-refractivity contribution in [3.05, 3.63) is 60.2 Å². The van der Waals surface area contributed by atoms with E-state index in [1.807, 2.05) is 11.9 Å². The summed E-state index contributed by atoms with van der Waals surface area (Å²) in [6.07, 6.45) is 3.31. The second-order valence-corrected chi connectivity index (χ2v) is 8.34. The normalized spacial score (nSPS) is 18.0. The van der Waals surface area contributed by atoms with E-state index in [0.29, 0.717) is 47.7 Å². The van der Waals surface area contributed by atoms with Gasteiger partial charge in [-0.2, -0.15) is 0 Å². The third-order valence-electron chi connectivity index (χ3n) is 5.65. The molecule has 2 aromatic carbocycles. The Bertz CT molecular complexity index is 1220. The number of carbonyl (C=O) groups excluding carboxylic acids is 1. The van der Waals surface area contributed by atoms with Gasteiger partial charge in [0, 0.05) is 31.0 Å². The van der Waals surface area contributed by atoms with Gasteiger partial charge in [-0.15, -0.1) is 6.58 Å². The molecule has 0 saturated carbocycles. The highest BCUT2D eigenvalue weighted by atomic mass is 35.5. The van der Waals surface area contributed by atoms with E-state index in [4.69, 9.17) is 21.1 Å². The minimum Gasteiger partial charge on any atom is -0.493 e. The van der Waals surface area contributed by atoms with Gasteiger partial charge in [0.05, 0.1) is 29.4 Å². The molecule has 2 atom stereocenters. The van der Waals surface area contributed by atoms with Crippen LogP contribution in [0.5, 0.6) is 11.5 Å². The van der Waals surface area contributed by atoms with Crippen LogP contribution in [0.4, 0.5) is 15.9 Å². The van der Waals surface area contributed by atoms with E-state index >= 15 is 0 Å². The number of halogens is 2. The molecule has 1 saturated heterocycles. The monoisotopic (exact) mass is 485 g/mol. The molecule has 1 amide bonds. The first kappa shape index (κ1) is 23.7. The summed E-state index contributed by atoms with van der Waals surface area (Å²) in [7, 11) is 3.43. The van der Waals surface area contributed by atoms with Crippen LogP contribution in [0.3, 0.4) is 0 Å². The number of nitrogens with one attached hydrogen (secondary N) is 2. The van der Waals surface area contributed by atoms with Gasteiger partial charge in [0.2, 0.25) is 5.91 Å². The first-order valence-electron chi connectivity index (χ1n) is 10.7. The summed E-state index contributed by atoms with van der Waals surface area (Å²) in [5.74, 6) is 0.722. The van der Waals surface area contributed by atoms with Crippen LogP contribution in [0.1, 0.15) is 6.42 Å². The van der Waals surface area contributed by atoms with Crippen LogP contribution in [-0.4, -0.2) is 60.2 Å². The molecule has 4 rings (SSSR count). The smallest absolute Gasteiger partial charge is 0.237 e. The Morgan fingerprint density at radius 3 is 2.94 bits per heavy atom. The quantitative estimate of drug-likeness (QED) is 0.467. The number of nitrogens with zero attached hydrogens (tertiary/aromatic N) is 3. The lowest BCUT2D eigenvalue weighted by atomic mass is 10.1. The average Bonchev–Trinajstić information content (AvgIpc) is 3.20. The summed E-state index contributed by atoms with van der Waals surface area (Å²) in [5, 5.41) is 6.44. The maximum absolute atomic E-state index is 14.4. The highest BCUT2D eigenvalue weighted by Crippen LogP contribution is 2.37. The Balaban J connectivity index is 1.62. The summed E-state index contributed by atoms with van der Waals surface area (Å²) in [5.41, 5.74) is 0.783. The SMILES string of the molecule is C=CCNC(=O)[C@H]1C[C@H](Oc2cc3c(Nc4cccc(Cl)c4F)ncnc3cc2OC)CN1C. The van der Waals surface area contributed by atoms with E-state index in [2.05, 4.69) is 27.2 Å². The molecule has 0 spiro atoms. The summed E-state index contributed by atoms with van der Waals surface area (Å²) < 4.78 is 26.2. The van der Waals surface area contributed by atoms with Crippen LogP contribution >= 0.6 is 11.6 Å². The zero-order valence-corrected chi connectivity index (χ0v) is 19.6. The first-order valence-corrected chi connectivity index (χ1v) is 11.1. The number of aromatic nitrogens is 2. The minimum atomic E-state index is -0.573. The van der Waals surface area contributed by atoms with E-state index in [1.54, 1.807) is 37.5 Å². The van der Waals surface area contributed by atoms with Gasteiger partial charge in [0.25, 0.3) is 0 Å². The van der Waals surface area contributed by atoms with Crippen LogP contribution in [0.25, 0.3) is 10.9 Å². The molecule has 1 aliphatic rings. The van der Waals surface area contributed by atoms with Crippen molar-refractivity contribution in [1.82, 2.24) is 20.2 Å². The van der Waals surface area contributed by atoms with Crippen molar-refractivity contribution in [3.8, 4) is 11.5 Å². The highest BCUT2D eigenvalue weighted by Gasteiger charge is 2.36. The predicted octanol–water partition coefficient (Wildman–Crippen LogP) is 3.93. The molecule has 0 unspecified atom stereocenters. The zero-order valence-electron chi connectivity index (χ0n) is 18.8. The topological polar surface area (TPSA) is 88.6 Å². The predicted molar refractivity (Wildman–Crippen MR) is 129 cm³/mol. The standard InChI is InChI=1S/C24H25ClFN5O3/c1-4-8-27-24(32)19-9-14(12-31(19)2)34-21-10-15-18(11-20(21)33-3)28-13-29-23(15)30-17-7-5-6-16(25)22(17)26/h4-7,10-11,13-14,19H,1,8-9,12H2,2-3H3,(H,27,32)(H,28,29,30)/t14-,19+/m0/s1. The number of methoxy groups -OCH3 is 1. The Morgan fingerprint density at radius 2 is 2.18 bits per heavy atom. The Labute approximate surface area is 201 Å². The number of benzene rings is 2. The van der Waals surface area contributed by atoms with Crippen molar-refractivity contribution in [1.29, 1.82) is 0 Å². The number of likely N-dealkylation sites (N-methyl/N-ethyl adjacent to an activating group) is 1. The molecule has 178 valence electrons.